The van der Waals surface area contributed by atoms with Crippen molar-refractivity contribution in [2.45, 2.75) is 38.0 Å². The Labute approximate surface area is 182 Å². The molecule has 3 aromatic rings. The van der Waals surface area contributed by atoms with Crippen molar-refractivity contribution in [2.75, 3.05) is 7.11 Å². The summed E-state index contributed by atoms with van der Waals surface area (Å²) in [5.41, 5.74) is 0.470. The van der Waals surface area contributed by atoms with E-state index in [1.165, 1.54) is 31.4 Å². The third kappa shape index (κ3) is 3.11. The van der Waals surface area contributed by atoms with E-state index in [-0.39, 0.29) is 35.5 Å². The Morgan fingerprint density at radius 2 is 2.06 bits per heavy atom. The van der Waals surface area contributed by atoms with Crippen molar-refractivity contribution in [3.63, 3.8) is 0 Å². The Hall–Kier alpha value is -3.80. The number of aromatic nitrogens is 3. The first-order valence-corrected chi connectivity index (χ1v) is 10.2. The first kappa shape index (κ1) is 20.1. The van der Waals surface area contributed by atoms with Crippen LogP contribution in [0.4, 0.5) is 8.78 Å². The first-order valence-electron chi connectivity index (χ1n) is 10.2. The molecule has 0 bridgehead atoms. The quantitative estimate of drug-likeness (QED) is 0.623. The van der Waals surface area contributed by atoms with Gasteiger partial charge in [-0.25, -0.2) is 18.4 Å². The number of nitriles is 1. The number of hydrogen-bond acceptors (Lipinski definition) is 5. The van der Waals surface area contributed by atoms with E-state index in [0.717, 1.165) is 18.2 Å². The van der Waals surface area contributed by atoms with Crippen molar-refractivity contribution in [1.82, 2.24) is 19.7 Å². The van der Waals surface area contributed by atoms with Crippen molar-refractivity contribution in [3.05, 3.63) is 70.4 Å². The normalized spacial score (nSPS) is 16.2. The topological polar surface area (TPSA) is 84.0 Å². The van der Waals surface area contributed by atoms with Crippen molar-refractivity contribution >= 4 is 5.91 Å². The molecule has 32 heavy (non-hydrogen) atoms. The van der Waals surface area contributed by atoms with Gasteiger partial charge < -0.3 is 9.64 Å². The third-order valence-electron chi connectivity index (χ3n) is 6.14. The maximum Gasteiger partial charge on any atom is 0.258 e. The van der Waals surface area contributed by atoms with E-state index in [0.29, 0.717) is 24.4 Å². The number of carbonyl (C=O) groups excluding carboxylic acids is 1. The lowest BCUT2D eigenvalue weighted by Gasteiger charge is -2.36. The molecule has 5 rings (SSSR count). The molecule has 0 atom stereocenters. The van der Waals surface area contributed by atoms with Crippen molar-refractivity contribution in [3.8, 4) is 17.6 Å². The summed E-state index contributed by atoms with van der Waals surface area (Å²) < 4.78 is 35.5. The summed E-state index contributed by atoms with van der Waals surface area (Å²) in [5.74, 6) is -0.272. The van der Waals surface area contributed by atoms with Gasteiger partial charge in [0.1, 0.15) is 23.3 Å². The van der Waals surface area contributed by atoms with Gasteiger partial charge in [-0.2, -0.15) is 10.4 Å². The minimum atomic E-state index is -1.59. The third-order valence-corrected chi connectivity index (χ3v) is 6.14. The fourth-order valence-electron chi connectivity index (χ4n) is 4.30. The molecule has 0 spiro atoms. The van der Waals surface area contributed by atoms with Gasteiger partial charge in [0.2, 0.25) is 0 Å². The average molecular weight is 435 g/mol. The molecule has 2 aromatic heterocycles. The number of alkyl halides is 1. The summed E-state index contributed by atoms with van der Waals surface area (Å²) in [7, 11) is 1.38. The van der Waals surface area contributed by atoms with Crippen molar-refractivity contribution < 1.29 is 18.3 Å². The molecular formula is C23H19F2N5O2. The highest BCUT2D eigenvalue weighted by atomic mass is 19.1. The maximum atomic E-state index is 15.4. The Bertz CT molecular complexity index is 1240. The molecule has 1 saturated carbocycles. The van der Waals surface area contributed by atoms with Crippen LogP contribution in [-0.4, -0.2) is 32.7 Å². The van der Waals surface area contributed by atoms with Crippen LogP contribution in [-0.2, 0) is 18.8 Å². The Morgan fingerprint density at radius 3 is 2.66 bits per heavy atom. The smallest absolute Gasteiger partial charge is 0.258 e. The van der Waals surface area contributed by atoms with E-state index in [2.05, 4.69) is 10.1 Å². The number of amides is 1. The van der Waals surface area contributed by atoms with Crippen LogP contribution in [0.2, 0.25) is 0 Å². The monoisotopic (exact) mass is 435 g/mol. The molecule has 0 N–H and O–H groups in total. The predicted octanol–water partition coefficient (Wildman–Crippen LogP) is 3.79. The highest BCUT2D eigenvalue weighted by molar-refractivity contribution is 6.00. The standard InChI is InChI=1S/C23H19F2N5O2/c1-32-21-14(9-26)3-5-17(23(25)7-2-8-23)20(21)22(31)29-11-15-12-30(28-18(15)13-29)19-6-4-16(24)10-27-19/h3-6,10,12H,2,7-8,11,13H2,1H3. The molecule has 1 fully saturated rings. The van der Waals surface area contributed by atoms with E-state index in [1.54, 1.807) is 15.8 Å². The van der Waals surface area contributed by atoms with Gasteiger partial charge in [0.05, 0.1) is 36.7 Å². The van der Waals surface area contributed by atoms with Gasteiger partial charge in [-0.15, -0.1) is 0 Å². The van der Waals surface area contributed by atoms with E-state index in [1.807, 2.05) is 6.07 Å². The van der Waals surface area contributed by atoms with Crippen molar-refractivity contribution in [2.24, 2.45) is 0 Å². The zero-order valence-electron chi connectivity index (χ0n) is 17.3. The van der Waals surface area contributed by atoms with Gasteiger partial charge in [0.15, 0.2) is 5.82 Å². The largest absolute Gasteiger partial charge is 0.495 e. The summed E-state index contributed by atoms with van der Waals surface area (Å²) in [5, 5.41) is 13.9. The van der Waals surface area contributed by atoms with E-state index in [9.17, 15) is 14.4 Å². The SMILES string of the molecule is COc1c(C#N)ccc(C2(F)CCC2)c1C(=O)N1Cc2cn(-c3ccc(F)cn3)nc2C1. The molecule has 7 nitrogen and oxygen atoms in total. The van der Waals surface area contributed by atoms with Crippen LogP contribution in [0.5, 0.6) is 5.75 Å². The fourth-order valence-corrected chi connectivity index (χ4v) is 4.30. The number of fused-ring (bicyclic) bond motifs is 1. The van der Waals surface area contributed by atoms with Crippen molar-refractivity contribution in [1.29, 1.82) is 5.26 Å². The molecule has 0 saturated heterocycles. The minimum absolute atomic E-state index is 0.101. The zero-order chi connectivity index (χ0) is 22.5. The number of halogens is 2. The van der Waals surface area contributed by atoms with Gasteiger partial charge >= 0.3 is 0 Å². The van der Waals surface area contributed by atoms with E-state index >= 15 is 4.39 Å². The first-order chi connectivity index (χ1) is 15.4. The summed E-state index contributed by atoms with van der Waals surface area (Å²) >= 11 is 0. The van der Waals surface area contributed by atoms with Gasteiger partial charge in [-0.1, -0.05) is 6.07 Å². The highest BCUT2D eigenvalue weighted by Gasteiger charge is 2.44. The molecule has 162 valence electrons. The molecule has 3 heterocycles. The molecule has 2 aliphatic rings. The number of nitrogens with zero attached hydrogens (tertiary/aromatic N) is 5. The van der Waals surface area contributed by atoms with Crippen LogP contribution < -0.4 is 4.74 Å². The number of rotatable bonds is 4. The molecule has 0 radical (unpaired) electrons. The molecule has 1 aliphatic carbocycles. The average Bonchev–Trinajstić information content (AvgIpc) is 3.36. The number of carbonyl (C=O) groups is 1. The molecule has 0 unspecified atom stereocenters. The van der Waals surface area contributed by atoms with Crippen LogP contribution in [0.15, 0.2) is 36.7 Å². The van der Waals surface area contributed by atoms with Crippen LogP contribution in [0, 0.1) is 17.1 Å². The van der Waals surface area contributed by atoms with Gasteiger partial charge in [-0.3, -0.25) is 4.79 Å². The number of pyridine rings is 1. The van der Waals surface area contributed by atoms with Gasteiger partial charge in [-0.05, 0) is 37.5 Å². The van der Waals surface area contributed by atoms with Gasteiger partial charge in [0, 0.05) is 23.9 Å². The Kier molecular flexibility index (Phi) is 4.66. The lowest BCUT2D eigenvalue weighted by Crippen LogP contribution is -2.34. The Morgan fingerprint density at radius 1 is 1.25 bits per heavy atom. The molecular weight excluding hydrogens is 416 g/mol. The second-order valence-corrected chi connectivity index (χ2v) is 8.04. The molecule has 1 aliphatic heterocycles. The van der Waals surface area contributed by atoms with Crippen LogP contribution in [0.3, 0.4) is 0 Å². The van der Waals surface area contributed by atoms with Crippen LogP contribution in [0.1, 0.15) is 52.0 Å². The fraction of sp³-hybridized carbons (Fsp3) is 0.304. The second kappa shape index (κ2) is 7.41. The number of ether oxygens (including phenoxy) is 1. The summed E-state index contributed by atoms with van der Waals surface area (Å²) in [4.78, 5) is 19.1. The lowest BCUT2D eigenvalue weighted by atomic mass is 9.74. The van der Waals surface area contributed by atoms with Crippen LogP contribution >= 0.6 is 0 Å². The van der Waals surface area contributed by atoms with Crippen LogP contribution in [0.25, 0.3) is 5.82 Å². The van der Waals surface area contributed by atoms with E-state index < -0.39 is 17.4 Å². The lowest BCUT2D eigenvalue weighted by molar-refractivity contribution is 0.0553. The molecule has 1 amide bonds. The zero-order valence-corrected chi connectivity index (χ0v) is 17.3. The van der Waals surface area contributed by atoms with E-state index in [4.69, 9.17) is 4.74 Å². The maximum absolute atomic E-state index is 15.4. The summed E-state index contributed by atoms with van der Waals surface area (Å²) in [6, 6.07) is 7.87. The minimum Gasteiger partial charge on any atom is -0.495 e. The number of benzene rings is 1. The molecule has 9 heteroatoms. The number of methoxy groups -OCH3 is 1. The summed E-state index contributed by atoms with van der Waals surface area (Å²) in [6.45, 7) is 0.495. The van der Waals surface area contributed by atoms with Gasteiger partial charge in [0.25, 0.3) is 5.91 Å². The summed E-state index contributed by atoms with van der Waals surface area (Å²) in [6.07, 6.45) is 4.27. The predicted molar refractivity (Wildman–Crippen MR) is 109 cm³/mol. The second-order valence-electron chi connectivity index (χ2n) is 8.04. The Balaban J connectivity index is 1.47. The molecule has 1 aromatic carbocycles. The highest BCUT2D eigenvalue weighted by Crippen LogP contribution is 2.48. The number of hydrogen-bond donors (Lipinski definition) is 0.